The van der Waals surface area contributed by atoms with E-state index in [2.05, 4.69) is 9.89 Å². The monoisotopic (exact) mass is 359 g/mol. The van der Waals surface area contributed by atoms with E-state index < -0.39 is 0 Å². The van der Waals surface area contributed by atoms with Crippen molar-refractivity contribution < 1.29 is 14.4 Å². The molecule has 0 spiro atoms. The van der Waals surface area contributed by atoms with Crippen molar-refractivity contribution in [1.82, 2.24) is 4.90 Å². The number of piperidine rings is 2. The summed E-state index contributed by atoms with van der Waals surface area (Å²) in [5, 5.41) is 11.2. The summed E-state index contributed by atoms with van der Waals surface area (Å²) in [5.74, 6) is 1.24. The molecule has 0 aliphatic carbocycles. The number of hydrogen-bond donors (Lipinski definition) is 0. The zero-order chi connectivity index (χ0) is 17.9. The fourth-order valence-corrected chi connectivity index (χ4v) is 4.51. The van der Waals surface area contributed by atoms with Crippen LogP contribution in [0.5, 0.6) is 5.75 Å². The van der Waals surface area contributed by atoms with E-state index in [1.807, 2.05) is 0 Å². The average Bonchev–Trinajstić information content (AvgIpc) is 2.68. The molecule has 0 aromatic heterocycles. The van der Waals surface area contributed by atoms with Gasteiger partial charge in [-0.05, 0) is 44.7 Å². The smallest absolute Gasteiger partial charge is 0.270 e. The number of fused-ring (bicyclic) bond motifs is 2. The van der Waals surface area contributed by atoms with Gasteiger partial charge >= 0.3 is 0 Å². The van der Waals surface area contributed by atoms with E-state index in [1.54, 1.807) is 12.3 Å². The molecular weight excluding hydrogens is 334 g/mol. The molecule has 0 amide bonds. The number of rotatable bonds is 4. The van der Waals surface area contributed by atoms with E-state index in [0.29, 0.717) is 35.4 Å². The van der Waals surface area contributed by atoms with Gasteiger partial charge in [-0.15, -0.1) is 0 Å². The van der Waals surface area contributed by atoms with Gasteiger partial charge in [0.25, 0.3) is 5.69 Å². The van der Waals surface area contributed by atoms with Crippen LogP contribution in [0.1, 0.15) is 43.2 Å². The van der Waals surface area contributed by atoms with Crippen LogP contribution in [0, 0.1) is 16.0 Å². The van der Waals surface area contributed by atoms with E-state index in [-0.39, 0.29) is 17.4 Å². The molecule has 1 aromatic carbocycles. The lowest BCUT2D eigenvalue weighted by molar-refractivity contribution is -0.385. The van der Waals surface area contributed by atoms with Crippen LogP contribution in [-0.2, 0) is 11.3 Å². The standard InChI is InChI=1S/C19H25N3O4/c23-22(24)17-8-15(19-16(9-17)12-25-13-26-19)11-20-10-14-4-3-7-21-6-2-1-5-18(14)21/h8-9,11,14,18H,1-7,10,12-13H2/t14-,18+/m1/s1. The third-order valence-electron chi connectivity index (χ3n) is 5.73. The highest BCUT2D eigenvalue weighted by Crippen LogP contribution is 2.33. The Hall–Kier alpha value is -1.99. The first-order chi connectivity index (χ1) is 12.7. The SMILES string of the molecule is O=[N+]([O-])c1cc(C=NC[C@H]2CCCN3CCCC[C@@H]23)c2c(c1)COCO2. The van der Waals surface area contributed by atoms with E-state index in [0.717, 1.165) is 6.54 Å². The Labute approximate surface area is 153 Å². The second-order valence-electron chi connectivity index (χ2n) is 7.39. The molecule has 2 fully saturated rings. The summed E-state index contributed by atoms with van der Waals surface area (Å²) < 4.78 is 10.8. The Kier molecular flexibility index (Phi) is 5.17. The summed E-state index contributed by atoms with van der Waals surface area (Å²) in [6.45, 7) is 3.71. The van der Waals surface area contributed by atoms with Crippen LogP contribution in [0.25, 0.3) is 0 Å². The zero-order valence-electron chi connectivity index (χ0n) is 14.9. The van der Waals surface area contributed by atoms with Crippen molar-refractivity contribution >= 4 is 11.9 Å². The van der Waals surface area contributed by atoms with Gasteiger partial charge in [-0.1, -0.05) is 6.42 Å². The normalized spacial score (nSPS) is 26.2. The molecule has 7 nitrogen and oxygen atoms in total. The lowest BCUT2D eigenvalue weighted by atomic mass is 9.83. The highest BCUT2D eigenvalue weighted by molar-refractivity contribution is 5.85. The lowest BCUT2D eigenvalue weighted by Crippen LogP contribution is -2.48. The van der Waals surface area contributed by atoms with Crippen LogP contribution < -0.4 is 4.74 Å². The van der Waals surface area contributed by atoms with Gasteiger partial charge in [0.05, 0.1) is 11.5 Å². The van der Waals surface area contributed by atoms with Gasteiger partial charge < -0.3 is 14.4 Å². The molecule has 3 heterocycles. The Bertz CT molecular complexity index is 704. The van der Waals surface area contributed by atoms with Gasteiger partial charge in [0, 0.05) is 42.1 Å². The fourth-order valence-electron chi connectivity index (χ4n) is 4.51. The van der Waals surface area contributed by atoms with E-state index in [1.165, 1.54) is 51.3 Å². The predicted octanol–water partition coefficient (Wildman–Crippen LogP) is 3.14. The minimum Gasteiger partial charge on any atom is -0.466 e. The highest BCUT2D eigenvalue weighted by Gasteiger charge is 2.32. The summed E-state index contributed by atoms with van der Waals surface area (Å²) >= 11 is 0. The molecule has 26 heavy (non-hydrogen) atoms. The summed E-state index contributed by atoms with van der Waals surface area (Å²) in [6.07, 6.45) is 8.10. The van der Waals surface area contributed by atoms with Crippen molar-refractivity contribution in [2.45, 2.75) is 44.8 Å². The molecule has 7 heteroatoms. The van der Waals surface area contributed by atoms with Gasteiger partial charge in [-0.3, -0.25) is 15.1 Å². The number of nitrogens with zero attached hydrogens (tertiary/aromatic N) is 3. The van der Waals surface area contributed by atoms with Crippen molar-refractivity contribution in [1.29, 1.82) is 0 Å². The quantitative estimate of drug-likeness (QED) is 0.469. The molecule has 4 rings (SSSR count). The first kappa shape index (κ1) is 17.4. The van der Waals surface area contributed by atoms with E-state index in [9.17, 15) is 10.1 Å². The Morgan fingerprint density at radius 1 is 1.27 bits per heavy atom. The highest BCUT2D eigenvalue weighted by atomic mass is 16.7. The van der Waals surface area contributed by atoms with Crippen LogP contribution >= 0.6 is 0 Å². The molecule has 0 bridgehead atoms. The van der Waals surface area contributed by atoms with Crippen LogP contribution in [0.15, 0.2) is 17.1 Å². The maximum atomic E-state index is 11.2. The number of benzene rings is 1. The molecular formula is C19H25N3O4. The molecule has 3 aliphatic rings. The van der Waals surface area contributed by atoms with Crippen LogP contribution in [-0.4, -0.2) is 48.5 Å². The fraction of sp³-hybridized carbons (Fsp3) is 0.632. The van der Waals surface area contributed by atoms with Crippen molar-refractivity contribution in [3.05, 3.63) is 33.4 Å². The molecule has 2 saturated heterocycles. The molecule has 0 unspecified atom stereocenters. The zero-order valence-corrected chi connectivity index (χ0v) is 14.9. The summed E-state index contributed by atoms with van der Waals surface area (Å²) in [5.41, 5.74) is 1.44. The number of nitro groups is 1. The van der Waals surface area contributed by atoms with Gasteiger partial charge in [0.2, 0.25) is 0 Å². The minimum absolute atomic E-state index is 0.0513. The van der Waals surface area contributed by atoms with Crippen LogP contribution in [0.4, 0.5) is 5.69 Å². The lowest BCUT2D eigenvalue weighted by Gasteiger charge is -2.44. The number of hydrogen-bond acceptors (Lipinski definition) is 6. The van der Waals surface area contributed by atoms with Crippen molar-refractivity contribution in [3.63, 3.8) is 0 Å². The maximum absolute atomic E-state index is 11.2. The third-order valence-corrected chi connectivity index (χ3v) is 5.73. The van der Waals surface area contributed by atoms with Crippen LogP contribution in [0.3, 0.4) is 0 Å². The third kappa shape index (κ3) is 3.59. The van der Waals surface area contributed by atoms with Crippen molar-refractivity contribution in [2.24, 2.45) is 10.9 Å². The number of nitro benzene ring substituents is 1. The van der Waals surface area contributed by atoms with Gasteiger partial charge in [0.1, 0.15) is 5.75 Å². The molecule has 0 N–H and O–H groups in total. The van der Waals surface area contributed by atoms with Gasteiger partial charge in [0.15, 0.2) is 6.79 Å². The molecule has 2 atom stereocenters. The number of ether oxygens (including phenoxy) is 2. The molecule has 3 aliphatic heterocycles. The van der Waals surface area contributed by atoms with Crippen molar-refractivity contribution in [3.8, 4) is 5.75 Å². The number of non-ortho nitro benzene ring substituents is 1. The Morgan fingerprint density at radius 3 is 3.04 bits per heavy atom. The van der Waals surface area contributed by atoms with E-state index in [4.69, 9.17) is 9.47 Å². The first-order valence-corrected chi connectivity index (χ1v) is 9.48. The largest absolute Gasteiger partial charge is 0.466 e. The summed E-state index contributed by atoms with van der Waals surface area (Å²) in [4.78, 5) is 18.1. The Balaban J connectivity index is 1.51. The molecule has 140 valence electrons. The second-order valence-corrected chi connectivity index (χ2v) is 7.39. The minimum atomic E-state index is -0.382. The first-order valence-electron chi connectivity index (χ1n) is 9.48. The molecule has 0 saturated carbocycles. The average molecular weight is 359 g/mol. The topological polar surface area (TPSA) is 77.2 Å². The van der Waals surface area contributed by atoms with Gasteiger partial charge in [-0.25, -0.2) is 0 Å². The maximum Gasteiger partial charge on any atom is 0.270 e. The van der Waals surface area contributed by atoms with E-state index >= 15 is 0 Å². The number of aliphatic imine (C=N–C) groups is 1. The Morgan fingerprint density at radius 2 is 2.15 bits per heavy atom. The summed E-state index contributed by atoms with van der Waals surface area (Å²) in [7, 11) is 0. The molecule has 1 aromatic rings. The summed E-state index contributed by atoms with van der Waals surface area (Å²) in [6, 6.07) is 3.72. The van der Waals surface area contributed by atoms with Crippen LogP contribution in [0.2, 0.25) is 0 Å². The molecule has 0 radical (unpaired) electrons. The predicted molar refractivity (Wildman–Crippen MR) is 97.8 cm³/mol. The second kappa shape index (κ2) is 7.72. The van der Waals surface area contributed by atoms with Crippen molar-refractivity contribution in [2.75, 3.05) is 26.4 Å². The van der Waals surface area contributed by atoms with Gasteiger partial charge in [-0.2, -0.15) is 0 Å².